The fourth-order valence-corrected chi connectivity index (χ4v) is 2.15. The number of hydrogen-bond donors (Lipinski definition) is 2. The Kier molecular flexibility index (Phi) is 5.57. The predicted octanol–water partition coefficient (Wildman–Crippen LogP) is 2.48. The summed E-state index contributed by atoms with van der Waals surface area (Å²) < 4.78 is 10.2. The minimum Gasteiger partial charge on any atom is -0.496 e. The Bertz CT molecular complexity index is 736. The Labute approximate surface area is 139 Å². The maximum absolute atomic E-state index is 12.0. The fraction of sp³-hybridized carbons (Fsp3) is 0.353. The monoisotopic (exact) mass is 332 g/mol. The van der Waals surface area contributed by atoms with Crippen LogP contribution < -0.4 is 10.1 Å². The maximum Gasteiger partial charge on any atom is 0.335 e. The van der Waals surface area contributed by atoms with Crippen LogP contribution in [0.4, 0.5) is 0 Å². The van der Waals surface area contributed by atoms with Crippen LogP contribution in [0.5, 0.6) is 5.75 Å². The number of carboxylic acids is 1. The number of carboxylic acid groups (broad SMARTS) is 1. The Morgan fingerprint density at radius 2 is 2.08 bits per heavy atom. The molecule has 0 saturated heterocycles. The van der Waals surface area contributed by atoms with Crippen molar-refractivity contribution in [1.82, 2.24) is 10.5 Å². The SMILES string of the molecule is COc1cc(C(=O)O)ccc1CCNC(=O)c1cc(C(C)C)no1. The number of carbonyl (C=O) groups is 2. The molecule has 0 aliphatic heterocycles. The molecule has 0 aliphatic carbocycles. The number of methoxy groups -OCH3 is 1. The Balaban J connectivity index is 1.95. The quantitative estimate of drug-likeness (QED) is 0.807. The molecule has 7 nitrogen and oxygen atoms in total. The van der Waals surface area contributed by atoms with Crippen LogP contribution in [0.25, 0.3) is 0 Å². The lowest BCUT2D eigenvalue weighted by Gasteiger charge is -2.09. The van der Waals surface area contributed by atoms with Gasteiger partial charge in [0, 0.05) is 12.6 Å². The molecule has 2 rings (SSSR count). The van der Waals surface area contributed by atoms with Gasteiger partial charge in [-0.3, -0.25) is 4.79 Å². The van der Waals surface area contributed by atoms with Crippen LogP contribution in [0.15, 0.2) is 28.8 Å². The number of hydrogen-bond acceptors (Lipinski definition) is 5. The number of carbonyl (C=O) groups excluding carboxylic acids is 1. The number of nitrogens with one attached hydrogen (secondary N) is 1. The van der Waals surface area contributed by atoms with Gasteiger partial charge in [-0.1, -0.05) is 25.1 Å². The van der Waals surface area contributed by atoms with Gasteiger partial charge < -0.3 is 19.7 Å². The molecule has 1 aromatic heterocycles. The summed E-state index contributed by atoms with van der Waals surface area (Å²) in [6, 6.07) is 6.28. The van der Waals surface area contributed by atoms with E-state index in [2.05, 4.69) is 10.5 Å². The zero-order valence-corrected chi connectivity index (χ0v) is 13.8. The minimum atomic E-state index is -1.01. The second kappa shape index (κ2) is 7.63. The van der Waals surface area contributed by atoms with Crippen molar-refractivity contribution in [3.05, 3.63) is 46.8 Å². The highest BCUT2D eigenvalue weighted by Crippen LogP contribution is 2.20. The molecule has 128 valence electrons. The Morgan fingerprint density at radius 1 is 1.33 bits per heavy atom. The van der Waals surface area contributed by atoms with Crippen LogP contribution in [0, 0.1) is 0 Å². The van der Waals surface area contributed by atoms with E-state index in [1.54, 1.807) is 12.1 Å². The van der Waals surface area contributed by atoms with Crippen LogP contribution in [-0.2, 0) is 6.42 Å². The first kappa shape index (κ1) is 17.5. The summed E-state index contributed by atoms with van der Waals surface area (Å²) in [6.07, 6.45) is 0.500. The fourth-order valence-electron chi connectivity index (χ4n) is 2.15. The number of amides is 1. The van der Waals surface area contributed by atoms with E-state index in [0.717, 1.165) is 11.3 Å². The van der Waals surface area contributed by atoms with Crippen LogP contribution in [0.1, 0.15) is 51.9 Å². The molecule has 0 radical (unpaired) electrons. The van der Waals surface area contributed by atoms with Gasteiger partial charge in [0.15, 0.2) is 0 Å². The average molecular weight is 332 g/mol. The van der Waals surface area contributed by atoms with E-state index in [1.807, 2.05) is 13.8 Å². The number of aromatic nitrogens is 1. The van der Waals surface area contributed by atoms with E-state index in [-0.39, 0.29) is 23.1 Å². The summed E-state index contributed by atoms with van der Waals surface area (Å²) in [5, 5.41) is 15.6. The van der Waals surface area contributed by atoms with Crippen molar-refractivity contribution < 1.29 is 24.0 Å². The number of benzene rings is 1. The smallest absolute Gasteiger partial charge is 0.335 e. The predicted molar refractivity (Wildman–Crippen MR) is 86.6 cm³/mol. The standard InChI is InChI=1S/C17H20N2O5/c1-10(2)13-9-15(24-19-13)16(20)18-7-6-11-4-5-12(17(21)22)8-14(11)23-3/h4-5,8-10H,6-7H2,1-3H3,(H,18,20)(H,21,22). The topological polar surface area (TPSA) is 102 Å². The summed E-state index contributed by atoms with van der Waals surface area (Å²) in [6.45, 7) is 4.29. The largest absolute Gasteiger partial charge is 0.496 e. The van der Waals surface area contributed by atoms with Crippen molar-refractivity contribution in [1.29, 1.82) is 0 Å². The summed E-state index contributed by atoms with van der Waals surface area (Å²) in [4.78, 5) is 23.0. The lowest BCUT2D eigenvalue weighted by Crippen LogP contribution is -2.25. The molecule has 7 heteroatoms. The normalized spacial score (nSPS) is 10.7. The van der Waals surface area contributed by atoms with E-state index in [4.69, 9.17) is 14.4 Å². The van der Waals surface area contributed by atoms with Gasteiger partial charge in [-0.15, -0.1) is 0 Å². The molecule has 1 heterocycles. The molecule has 0 spiro atoms. The molecule has 2 aromatic rings. The zero-order chi connectivity index (χ0) is 17.7. The van der Waals surface area contributed by atoms with Crippen molar-refractivity contribution in [2.75, 3.05) is 13.7 Å². The number of nitrogens with zero attached hydrogens (tertiary/aromatic N) is 1. The van der Waals surface area contributed by atoms with Crippen LogP contribution in [-0.4, -0.2) is 35.8 Å². The molecule has 2 N–H and O–H groups in total. The van der Waals surface area contributed by atoms with E-state index in [0.29, 0.717) is 18.7 Å². The second-order valence-electron chi connectivity index (χ2n) is 5.61. The minimum absolute atomic E-state index is 0.155. The van der Waals surface area contributed by atoms with E-state index in [9.17, 15) is 9.59 Å². The highest BCUT2D eigenvalue weighted by Gasteiger charge is 2.15. The summed E-state index contributed by atoms with van der Waals surface area (Å²) in [5.41, 5.74) is 1.69. The highest BCUT2D eigenvalue weighted by molar-refractivity contribution is 5.91. The number of ether oxygens (including phenoxy) is 1. The highest BCUT2D eigenvalue weighted by atomic mass is 16.5. The molecule has 0 saturated carbocycles. The van der Waals surface area contributed by atoms with Crippen molar-refractivity contribution in [3.63, 3.8) is 0 Å². The van der Waals surface area contributed by atoms with Crippen LogP contribution >= 0.6 is 0 Å². The van der Waals surface area contributed by atoms with Gasteiger partial charge in [0.1, 0.15) is 5.75 Å². The molecule has 24 heavy (non-hydrogen) atoms. The number of rotatable bonds is 7. The lowest BCUT2D eigenvalue weighted by molar-refractivity contribution is 0.0696. The third-order valence-electron chi connectivity index (χ3n) is 3.56. The lowest BCUT2D eigenvalue weighted by atomic mass is 10.1. The molecular weight excluding hydrogens is 312 g/mol. The first-order chi connectivity index (χ1) is 11.4. The van der Waals surface area contributed by atoms with Gasteiger partial charge in [-0.2, -0.15) is 0 Å². The average Bonchev–Trinajstić information content (AvgIpc) is 3.05. The van der Waals surface area contributed by atoms with Gasteiger partial charge in [-0.05, 0) is 30.0 Å². The molecule has 1 amide bonds. The first-order valence-corrected chi connectivity index (χ1v) is 7.57. The Hall–Kier alpha value is -2.83. The molecular formula is C17H20N2O5. The van der Waals surface area contributed by atoms with Crippen LogP contribution in [0.2, 0.25) is 0 Å². The number of aromatic carboxylic acids is 1. The van der Waals surface area contributed by atoms with E-state index in [1.165, 1.54) is 19.2 Å². The third kappa shape index (κ3) is 4.13. The molecule has 0 bridgehead atoms. The maximum atomic E-state index is 12.0. The van der Waals surface area contributed by atoms with Crippen molar-refractivity contribution in [2.24, 2.45) is 0 Å². The summed E-state index contributed by atoms with van der Waals surface area (Å²) in [5.74, 6) is -0.514. The molecule has 1 aromatic carbocycles. The molecule has 0 atom stereocenters. The zero-order valence-electron chi connectivity index (χ0n) is 13.8. The van der Waals surface area contributed by atoms with Crippen molar-refractivity contribution >= 4 is 11.9 Å². The van der Waals surface area contributed by atoms with E-state index >= 15 is 0 Å². The molecule has 0 fully saturated rings. The van der Waals surface area contributed by atoms with Gasteiger partial charge in [0.05, 0.1) is 18.4 Å². The van der Waals surface area contributed by atoms with Crippen LogP contribution in [0.3, 0.4) is 0 Å². The molecule has 0 unspecified atom stereocenters. The van der Waals surface area contributed by atoms with E-state index < -0.39 is 5.97 Å². The van der Waals surface area contributed by atoms with Gasteiger partial charge in [0.2, 0.25) is 5.76 Å². The van der Waals surface area contributed by atoms with Crippen molar-refractivity contribution in [2.45, 2.75) is 26.2 Å². The Morgan fingerprint density at radius 3 is 2.67 bits per heavy atom. The van der Waals surface area contributed by atoms with Crippen molar-refractivity contribution in [3.8, 4) is 5.75 Å². The second-order valence-corrected chi connectivity index (χ2v) is 5.61. The third-order valence-corrected chi connectivity index (χ3v) is 3.56. The summed E-state index contributed by atoms with van der Waals surface area (Å²) >= 11 is 0. The van der Waals surface area contributed by atoms with Gasteiger partial charge >= 0.3 is 5.97 Å². The molecule has 0 aliphatic rings. The first-order valence-electron chi connectivity index (χ1n) is 7.57. The van der Waals surface area contributed by atoms with Gasteiger partial charge in [-0.25, -0.2) is 4.79 Å². The summed E-state index contributed by atoms with van der Waals surface area (Å²) in [7, 11) is 1.48. The van der Waals surface area contributed by atoms with Gasteiger partial charge in [0.25, 0.3) is 5.91 Å².